The van der Waals surface area contributed by atoms with E-state index < -0.39 is 0 Å². The number of rotatable bonds is 9. The van der Waals surface area contributed by atoms with Crippen LogP contribution in [0.2, 0.25) is 0 Å². The molecular formula is C18H25Cl3N4. The van der Waals surface area contributed by atoms with Crippen molar-refractivity contribution >= 4 is 58.4 Å². The predicted molar refractivity (Wildman–Crippen MR) is 115 cm³/mol. The minimum atomic E-state index is 0. The number of anilines is 4. The van der Waals surface area contributed by atoms with Crippen molar-refractivity contribution in [3.63, 3.8) is 0 Å². The van der Waals surface area contributed by atoms with Crippen molar-refractivity contribution in [3.8, 4) is 0 Å². The number of benzene rings is 2. The van der Waals surface area contributed by atoms with E-state index in [9.17, 15) is 0 Å². The lowest BCUT2D eigenvalue weighted by molar-refractivity contribution is 0.757. The molecule has 0 saturated carbocycles. The quantitative estimate of drug-likeness (QED) is 0.489. The smallest absolute Gasteiger partial charge is 0.0399 e. The van der Waals surface area contributed by atoms with Crippen LogP contribution in [0.4, 0.5) is 22.7 Å². The number of nitrogens with zero attached hydrogens (tertiary/aromatic N) is 2. The van der Waals surface area contributed by atoms with Gasteiger partial charge in [0, 0.05) is 60.7 Å². The standard InChI is InChI=1S/C18H24Cl2N4.ClH/c19-9-11-23(17-5-1-15(21)2-6-17)13-14-24(12-10-20)18-7-3-16(22)4-8-18;/h1-8H,9-14,21-22H2;1H. The zero-order chi connectivity index (χ0) is 17.4. The summed E-state index contributed by atoms with van der Waals surface area (Å²) in [5, 5.41) is 0. The highest BCUT2D eigenvalue weighted by molar-refractivity contribution is 6.18. The molecule has 4 nitrogen and oxygen atoms in total. The molecule has 0 aromatic heterocycles. The molecule has 2 aromatic carbocycles. The van der Waals surface area contributed by atoms with Gasteiger partial charge in [0.05, 0.1) is 0 Å². The maximum atomic E-state index is 5.97. The fourth-order valence-corrected chi connectivity index (χ4v) is 2.96. The van der Waals surface area contributed by atoms with Crippen molar-refractivity contribution in [1.82, 2.24) is 0 Å². The molecule has 0 fully saturated rings. The predicted octanol–water partition coefficient (Wildman–Crippen LogP) is 4.06. The Kier molecular flexibility index (Phi) is 9.65. The number of nitrogens with two attached hydrogens (primary N) is 2. The molecule has 4 N–H and O–H groups in total. The summed E-state index contributed by atoms with van der Waals surface area (Å²) >= 11 is 11.9. The van der Waals surface area contributed by atoms with Gasteiger partial charge in [0.1, 0.15) is 0 Å². The average molecular weight is 404 g/mol. The molecule has 0 unspecified atom stereocenters. The van der Waals surface area contributed by atoms with Gasteiger partial charge >= 0.3 is 0 Å². The van der Waals surface area contributed by atoms with Crippen molar-refractivity contribution in [1.29, 1.82) is 0 Å². The zero-order valence-corrected chi connectivity index (χ0v) is 16.4. The normalized spacial score (nSPS) is 10.2. The molecule has 138 valence electrons. The number of hydrogen-bond donors (Lipinski definition) is 2. The number of hydrogen-bond acceptors (Lipinski definition) is 4. The van der Waals surface area contributed by atoms with E-state index >= 15 is 0 Å². The van der Waals surface area contributed by atoms with Crippen LogP contribution in [0.3, 0.4) is 0 Å². The van der Waals surface area contributed by atoms with Crippen LogP contribution in [-0.2, 0) is 0 Å². The van der Waals surface area contributed by atoms with E-state index in [2.05, 4.69) is 9.80 Å². The lowest BCUT2D eigenvalue weighted by Gasteiger charge is -2.30. The van der Waals surface area contributed by atoms with Crippen LogP contribution >= 0.6 is 35.6 Å². The van der Waals surface area contributed by atoms with Gasteiger partial charge in [0.15, 0.2) is 0 Å². The molecule has 2 rings (SSSR count). The van der Waals surface area contributed by atoms with Crippen molar-refractivity contribution in [2.45, 2.75) is 0 Å². The second-order valence-corrected chi connectivity index (χ2v) is 6.29. The van der Waals surface area contributed by atoms with Gasteiger partial charge in [-0.15, -0.1) is 35.6 Å². The second-order valence-electron chi connectivity index (χ2n) is 5.54. The number of nitrogen functional groups attached to an aromatic ring is 2. The third-order valence-electron chi connectivity index (χ3n) is 3.87. The summed E-state index contributed by atoms with van der Waals surface area (Å²) in [6.07, 6.45) is 0. The SMILES string of the molecule is Cl.Nc1ccc(N(CCCl)CCN(CCCl)c2ccc(N)cc2)cc1. The van der Waals surface area contributed by atoms with Crippen LogP contribution in [0.25, 0.3) is 0 Å². The Labute approximate surface area is 166 Å². The Balaban J connectivity index is 0.00000312. The Morgan fingerprint density at radius 1 is 0.600 bits per heavy atom. The van der Waals surface area contributed by atoms with E-state index in [0.717, 1.165) is 48.9 Å². The first-order valence-corrected chi connectivity index (χ1v) is 9.04. The fraction of sp³-hybridized carbons (Fsp3) is 0.333. The molecule has 0 bridgehead atoms. The summed E-state index contributed by atoms with van der Waals surface area (Å²) in [5.74, 6) is 1.14. The lowest BCUT2D eigenvalue weighted by Crippen LogP contribution is -2.37. The molecule has 7 heteroatoms. The maximum absolute atomic E-state index is 5.97. The van der Waals surface area contributed by atoms with Gasteiger partial charge < -0.3 is 21.3 Å². The van der Waals surface area contributed by atoms with E-state index in [1.165, 1.54) is 0 Å². The summed E-state index contributed by atoms with van der Waals surface area (Å²) < 4.78 is 0. The highest BCUT2D eigenvalue weighted by atomic mass is 35.5. The molecule has 0 heterocycles. The maximum Gasteiger partial charge on any atom is 0.0399 e. The Morgan fingerprint density at radius 3 is 1.20 bits per heavy atom. The molecule has 0 atom stereocenters. The molecule has 2 aromatic rings. The van der Waals surface area contributed by atoms with Crippen LogP contribution in [-0.4, -0.2) is 37.9 Å². The molecule has 0 saturated heterocycles. The van der Waals surface area contributed by atoms with Crippen molar-refractivity contribution in [3.05, 3.63) is 48.5 Å². The van der Waals surface area contributed by atoms with Crippen LogP contribution in [0.5, 0.6) is 0 Å². The largest absolute Gasteiger partial charge is 0.399 e. The second kappa shape index (κ2) is 11.2. The van der Waals surface area contributed by atoms with Crippen LogP contribution in [0.15, 0.2) is 48.5 Å². The molecule has 0 spiro atoms. The van der Waals surface area contributed by atoms with E-state index in [0.29, 0.717) is 11.8 Å². The molecule has 25 heavy (non-hydrogen) atoms. The summed E-state index contributed by atoms with van der Waals surface area (Å²) in [5.41, 5.74) is 15.3. The van der Waals surface area contributed by atoms with Gasteiger partial charge in [-0.3, -0.25) is 0 Å². The van der Waals surface area contributed by atoms with Gasteiger partial charge in [-0.2, -0.15) is 0 Å². The minimum Gasteiger partial charge on any atom is -0.399 e. The minimum absolute atomic E-state index is 0. The third kappa shape index (κ3) is 6.73. The first-order chi connectivity index (χ1) is 11.6. The van der Waals surface area contributed by atoms with Gasteiger partial charge in [-0.25, -0.2) is 0 Å². The molecular weight excluding hydrogens is 379 g/mol. The van der Waals surface area contributed by atoms with Crippen molar-refractivity contribution in [2.75, 3.05) is 59.2 Å². The Bertz CT molecular complexity index is 549. The summed E-state index contributed by atoms with van der Waals surface area (Å²) in [6, 6.07) is 15.7. The molecule has 0 aliphatic carbocycles. The average Bonchev–Trinajstić information content (AvgIpc) is 2.59. The van der Waals surface area contributed by atoms with E-state index in [4.69, 9.17) is 34.7 Å². The molecule has 0 radical (unpaired) electrons. The van der Waals surface area contributed by atoms with Gasteiger partial charge in [0.2, 0.25) is 0 Å². The van der Waals surface area contributed by atoms with Crippen molar-refractivity contribution < 1.29 is 0 Å². The highest BCUT2D eigenvalue weighted by Crippen LogP contribution is 2.19. The van der Waals surface area contributed by atoms with Crippen LogP contribution < -0.4 is 21.3 Å². The topological polar surface area (TPSA) is 58.5 Å². The van der Waals surface area contributed by atoms with E-state index in [1.807, 2.05) is 48.5 Å². The third-order valence-corrected chi connectivity index (χ3v) is 4.20. The van der Waals surface area contributed by atoms with E-state index in [1.54, 1.807) is 0 Å². The number of alkyl halides is 2. The molecule has 0 aliphatic heterocycles. The van der Waals surface area contributed by atoms with Gasteiger partial charge in [0.25, 0.3) is 0 Å². The van der Waals surface area contributed by atoms with Gasteiger partial charge in [-0.05, 0) is 48.5 Å². The Hall–Kier alpha value is -1.49. The zero-order valence-electron chi connectivity index (χ0n) is 14.1. The van der Waals surface area contributed by atoms with Crippen LogP contribution in [0, 0.1) is 0 Å². The first-order valence-electron chi connectivity index (χ1n) is 7.97. The first kappa shape index (κ1) is 21.6. The van der Waals surface area contributed by atoms with E-state index in [-0.39, 0.29) is 12.4 Å². The monoisotopic (exact) mass is 402 g/mol. The van der Waals surface area contributed by atoms with Crippen molar-refractivity contribution in [2.24, 2.45) is 0 Å². The van der Waals surface area contributed by atoms with Crippen LogP contribution in [0.1, 0.15) is 0 Å². The molecule has 0 aliphatic rings. The Morgan fingerprint density at radius 2 is 0.920 bits per heavy atom. The lowest BCUT2D eigenvalue weighted by atomic mass is 10.2. The summed E-state index contributed by atoms with van der Waals surface area (Å²) in [6.45, 7) is 3.25. The molecule has 0 amide bonds. The fourth-order valence-electron chi connectivity index (χ4n) is 2.56. The van der Waals surface area contributed by atoms with Gasteiger partial charge in [-0.1, -0.05) is 0 Å². The highest BCUT2D eigenvalue weighted by Gasteiger charge is 2.10. The summed E-state index contributed by atoms with van der Waals surface area (Å²) in [7, 11) is 0. The summed E-state index contributed by atoms with van der Waals surface area (Å²) in [4.78, 5) is 4.51. The number of halogens is 3.